The lowest BCUT2D eigenvalue weighted by atomic mass is 9.85. The molecule has 6 aromatic rings. The van der Waals surface area contributed by atoms with Crippen LogP contribution in [0.5, 0.6) is 0 Å². The second-order valence-electron chi connectivity index (χ2n) is 25.6. The molecule has 4 atom stereocenters. The van der Waals surface area contributed by atoms with Gasteiger partial charge in [0.1, 0.15) is 35.8 Å². The summed E-state index contributed by atoms with van der Waals surface area (Å²) in [6, 6.07) is 17.1. The number of nitrogens with zero attached hydrogens (tertiary/aromatic N) is 8. The number of benzene rings is 3. The minimum Gasteiger partial charge on any atom is -0.460 e. The number of likely N-dealkylation sites (N-methyl/N-ethyl adjacent to an activating group) is 1. The van der Waals surface area contributed by atoms with Crippen molar-refractivity contribution in [3.05, 3.63) is 119 Å². The Bertz CT molecular complexity index is 3800. The van der Waals surface area contributed by atoms with Crippen molar-refractivity contribution in [2.75, 3.05) is 109 Å². The monoisotopic (exact) mass is 1320 g/mol. The van der Waals surface area contributed by atoms with Crippen molar-refractivity contribution in [2.24, 2.45) is 11.3 Å². The van der Waals surface area contributed by atoms with Crippen LogP contribution in [0.4, 0.5) is 24.5 Å². The molecule has 10 rings (SSSR count). The summed E-state index contributed by atoms with van der Waals surface area (Å²) in [5, 5.41) is 6.33. The van der Waals surface area contributed by atoms with Crippen LogP contribution in [0.2, 0.25) is 0 Å². The molecule has 4 fully saturated rings. The third-order valence-corrected chi connectivity index (χ3v) is 20.4. The van der Waals surface area contributed by atoms with Gasteiger partial charge in [0.2, 0.25) is 29.4 Å². The summed E-state index contributed by atoms with van der Waals surface area (Å²) in [4.78, 5) is 105. The average Bonchev–Trinajstić information content (AvgIpc) is 1.75. The summed E-state index contributed by atoms with van der Waals surface area (Å²) in [7, 11) is -1.22. The normalized spacial score (nSPS) is 19.0. The fourth-order valence-corrected chi connectivity index (χ4v) is 14.5. The maximum Gasteiger partial charge on any atom is 0.306 e. The Morgan fingerprint density at radius 1 is 0.860 bits per heavy atom. The van der Waals surface area contributed by atoms with Gasteiger partial charge in [0.15, 0.2) is 5.82 Å². The van der Waals surface area contributed by atoms with Gasteiger partial charge in [-0.1, -0.05) is 57.2 Å². The maximum atomic E-state index is 15.9. The first kappa shape index (κ1) is 68.1. The van der Waals surface area contributed by atoms with E-state index in [1.807, 2.05) is 80.9 Å². The molecule has 0 unspecified atom stereocenters. The van der Waals surface area contributed by atoms with Crippen LogP contribution in [0.15, 0.2) is 84.6 Å². The van der Waals surface area contributed by atoms with E-state index in [0.29, 0.717) is 48.8 Å². The first-order chi connectivity index (χ1) is 44.4. The van der Waals surface area contributed by atoms with Crippen LogP contribution < -0.4 is 20.3 Å². The Morgan fingerprint density at radius 3 is 2.24 bits per heavy atom. The topological polar surface area (TPSA) is 252 Å². The molecular weight excluding hydrogens is 1240 g/mol. The van der Waals surface area contributed by atoms with Crippen molar-refractivity contribution in [2.45, 2.75) is 97.1 Å². The van der Waals surface area contributed by atoms with Crippen molar-refractivity contribution >= 4 is 79.3 Å². The number of amides is 4. The number of hydrogen-bond donors (Lipinski definition) is 4. The summed E-state index contributed by atoms with van der Waals surface area (Å²) >= 11 is 1.55. The molecule has 27 heteroatoms. The van der Waals surface area contributed by atoms with Gasteiger partial charge < -0.3 is 44.7 Å². The standard InChI is InChI=1S/C66H81F3N12O10S2/c1-41-61(92-40-73-41)45-9-7-42(8-10-45)33-72-64(86)54-32-49(91-57(84)18-17-56(83)76(5)29-30-90-6)38-81(54)65(87)62(66(2,3)4)74-55(82)39-78-27-25-77(26-28-78)36-43-19-22-79(23-20-43)48-13-11-44(12-14-48)46-31-50-51(35-71-63(50)70-34-46)60(85)58-52(68)15-16-53(59(58)69)75-93(88,89)80-24-21-47(67)37-80/h7-16,31,34-35,40,43,47,49,54,62,75H,17-30,32-33,36-39H2,1-6H3,(H,70,71)(H,72,86)(H,74,82)/t47-,49-,54+,62-/m1/s1. The van der Waals surface area contributed by atoms with Crippen LogP contribution in [0.1, 0.15) is 86.5 Å². The number of anilines is 2. The molecular formula is C66H81F3N12O10S2. The fraction of sp³-hybridized carbons (Fsp3) is 0.485. The molecule has 0 bridgehead atoms. The van der Waals surface area contributed by atoms with Crippen LogP contribution in [0, 0.1) is 29.9 Å². The number of thiazole rings is 1. The fourth-order valence-electron chi connectivity index (χ4n) is 12.4. The largest absolute Gasteiger partial charge is 0.460 e. The number of alkyl halides is 1. The smallest absolute Gasteiger partial charge is 0.306 e. The lowest BCUT2D eigenvalue weighted by Gasteiger charge is -2.39. The maximum absolute atomic E-state index is 15.9. The first-order valence-electron chi connectivity index (χ1n) is 31.4. The number of carbonyl (C=O) groups excluding carboxylic acids is 6. The van der Waals surface area contributed by atoms with E-state index in [0.717, 1.165) is 95.0 Å². The molecule has 0 radical (unpaired) electrons. The van der Waals surface area contributed by atoms with E-state index < -0.39 is 93.0 Å². The molecule has 22 nitrogen and oxygen atoms in total. The van der Waals surface area contributed by atoms with E-state index in [1.165, 1.54) is 23.1 Å². The third-order valence-electron chi connectivity index (χ3n) is 17.9. The van der Waals surface area contributed by atoms with Crippen molar-refractivity contribution in [3.63, 3.8) is 0 Å². The third kappa shape index (κ3) is 16.6. The zero-order chi connectivity index (χ0) is 66.3. The number of aryl methyl sites for hydroxylation is 1. The highest BCUT2D eigenvalue weighted by Crippen LogP contribution is 2.34. The summed E-state index contributed by atoms with van der Waals surface area (Å²) in [6.45, 7) is 13.3. The molecule has 4 aliphatic rings. The minimum atomic E-state index is -4.39. The van der Waals surface area contributed by atoms with Crippen LogP contribution in [0.3, 0.4) is 0 Å². The van der Waals surface area contributed by atoms with Gasteiger partial charge in [-0.25, -0.2) is 23.1 Å². The molecule has 0 saturated carbocycles. The van der Waals surface area contributed by atoms with Crippen LogP contribution in [0.25, 0.3) is 32.6 Å². The number of rotatable bonds is 24. The van der Waals surface area contributed by atoms with Gasteiger partial charge in [0.05, 0.1) is 53.4 Å². The quantitative estimate of drug-likeness (QED) is 0.0353. The predicted octanol–water partition coefficient (Wildman–Crippen LogP) is 6.95. The molecule has 4 saturated heterocycles. The number of pyridine rings is 1. The van der Waals surface area contributed by atoms with Gasteiger partial charge in [0, 0.05) is 134 Å². The molecule has 4 amide bonds. The van der Waals surface area contributed by atoms with Gasteiger partial charge in [-0.05, 0) is 84.5 Å². The lowest BCUT2D eigenvalue weighted by molar-refractivity contribution is -0.151. The van der Waals surface area contributed by atoms with Gasteiger partial charge in [0.25, 0.3) is 0 Å². The lowest BCUT2D eigenvalue weighted by Crippen LogP contribution is -2.59. The number of methoxy groups -OCH3 is 1. The molecule has 3 aromatic carbocycles. The molecule has 498 valence electrons. The Morgan fingerprint density at radius 2 is 1.57 bits per heavy atom. The second kappa shape index (κ2) is 29.6. The number of carbonyl (C=O) groups is 6. The highest BCUT2D eigenvalue weighted by Gasteiger charge is 2.46. The molecule has 3 aromatic heterocycles. The molecule has 7 heterocycles. The number of nitrogens with one attached hydrogen (secondary N) is 4. The Hall–Kier alpha value is -7.82. The van der Waals surface area contributed by atoms with E-state index in [9.17, 15) is 41.6 Å². The van der Waals surface area contributed by atoms with Crippen molar-refractivity contribution in [1.29, 1.82) is 0 Å². The highest BCUT2D eigenvalue weighted by molar-refractivity contribution is 7.90. The Balaban J connectivity index is 0.699. The predicted molar refractivity (Wildman–Crippen MR) is 347 cm³/mol. The summed E-state index contributed by atoms with van der Waals surface area (Å²) < 4.78 is 84.5. The summed E-state index contributed by atoms with van der Waals surface area (Å²) in [5.74, 6) is -5.24. The van der Waals surface area contributed by atoms with Gasteiger partial charge in [-0.15, -0.1) is 11.3 Å². The van der Waals surface area contributed by atoms with Crippen molar-refractivity contribution in [3.8, 4) is 21.6 Å². The zero-order valence-corrected chi connectivity index (χ0v) is 54.9. The summed E-state index contributed by atoms with van der Waals surface area (Å²) in [5.41, 5.74) is 4.93. The highest BCUT2D eigenvalue weighted by atomic mass is 32.2. The number of aromatic nitrogens is 3. The number of likely N-dealkylation sites (tertiary alicyclic amines) is 1. The van der Waals surface area contributed by atoms with Crippen molar-refractivity contribution < 1.29 is 59.8 Å². The Kier molecular flexibility index (Phi) is 21.7. The number of piperazine rings is 1. The van der Waals surface area contributed by atoms with E-state index >= 15 is 8.78 Å². The number of ether oxygens (including phenoxy) is 2. The number of H-pyrrole nitrogens is 1. The van der Waals surface area contributed by atoms with E-state index in [2.05, 4.69) is 40.3 Å². The van der Waals surface area contributed by atoms with Crippen molar-refractivity contribution in [1.82, 2.24) is 49.5 Å². The van der Waals surface area contributed by atoms with Gasteiger partial charge >= 0.3 is 16.2 Å². The number of ketones is 1. The number of piperidine rings is 1. The average molecular weight is 1320 g/mol. The Labute approximate surface area is 543 Å². The number of fused-ring (bicyclic) bond motifs is 1. The molecule has 0 aliphatic carbocycles. The molecule has 0 spiro atoms. The summed E-state index contributed by atoms with van der Waals surface area (Å²) in [6.07, 6.45) is 2.45. The zero-order valence-electron chi connectivity index (χ0n) is 53.2. The van der Waals surface area contributed by atoms with Crippen LogP contribution >= 0.6 is 11.3 Å². The minimum absolute atomic E-state index is 0.0125. The van der Waals surface area contributed by atoms with E-state index in [1.54, 1.807) is 36.2 Å². The second-order valence-corrected chi connectivity index (χ2v) is 28.1. The number of esters is 1. The molecule has 93 heavy (non-hydrogen) atoms. The molecule has 4 N–H and O–H groups in total. The van der Waals surface area contributed by atoms with Crippen LogP contribution in [-0.4, -0.2) is 206 Å². The number of hydrogen-bond acceptors (Lipinski definition) is 16. The molecule has 4 aliphatic heterocycles. The number of aromatic amines is 1. The SMILES string of the molecule is COCCN(C)C(=O)CCC(=O)O[C@@H]1C[C@@H](C(=O)NCc2ccc(-c3scnc3C)cc2)N(C(=O)[C@@H](NC(=O)CN2CCN(CC3CCN(c4ccc(-c5cnc6[nH]cc(C(=O)c7c(F)ccc(NS(=O)(=O)N8CC[C@@H](F)C8)c7F)c6c5)cc4)CC3)CC2)C(C)(C)C)C1. The van der Waals surface area contributed by atoms with Crippen LogP contribution in [-0.2, 0) is 50.2 Å². The van der Waals surface area contributed by atoms with Gasteiger partial charge in [-0.3, -0.25) is 38.4 Å². The number of halogens is 3. The van der Waals surface area contributed by atoms with E-state index in [-0.39, 0.29) is 69.2 Å². The first-order valence-corrected chi connectivity index (χ1v) is 33.8. The van der Waals surface area contributed by atoms with E-state index in [4.69, 9.17) is 9.47 Å². The van der Waals surface area contributed by atoms with Gasteiger partial charge in [-0.2, -0.15) is 12.7 Å².